The number of nitrogen functional groups attached to an aromatic ring is 1. The maximum Gasteiger partial charge on any atom is 0.203 e. The zero-order valence-corrected chi connectivity index (χ0v) is 13.3. The Labute approximate surface area is 131 Å². The van der Waals surface area contributed by atoms with Crippen LogP contribution in [0.15, 0.2) is 30.3 Å². The van der Waals surface area contributed by atoms with E-state index in [9.17, 15) is 0 Å². The number of hydrogen-bond donors (Lipinski definition) is 1. The fraction of sp³-hybridized carbons (Fsp3) is 0.222. The molecule has 2 aromatic rings. The van der Waals surface area contributed by atoms with Crippen LogP contribution in [0.25, 0.3) is 12.2 Å². The van der Waals surface area contributed by atoms with Crippen molar-refractivity contribution in [3.05, 3.63) is 47.0 Å². The van der Waals surface area contributed by atoms with E-state index in [1.54, 1.807) is 21.3 Å². The number of ether oxygens (including phenoxy) is 3. The van der Waals surface area contributed by atoms with Crippen molar-refractivity contribution in [1.82, 2.24) is 0 Å². The summed E-state index contributed by atoms with van der Waals surface area (Å²) in [5.74, 6) is 1.84. The summed E-state index contributed by atoms with van der Waals surface area (Å²) in [7, 11) is 4.79. The molecule has 0 bridgehead atoms. The number of hydrogen-bond acceptors (Lipinski definition) is 4. The maximum atomic E-state index is 5.93. The van der Waals surface area contributed by atoms with E-state index in [4.69, 9.17) is 19.9 Å². The van der Waals surface area contributed by atoms with Crippen molar-refractivity contribution in [3.8, 4) is 17.2 Å². The molecule has 22 heavy (non-hydrogen) atoms. The van der Waals surface area contributed by atoms with Crippen molar-refractivity contribution in [2.24, 2.45) is 0 Å². The molecule has 0 heterocycles. The lowest BCUT2D eigenvalue weighted by Crippen LogP contribution is -1.95. The molecule has 0 fully saturated rings. The molecule has 116 valence electrons. The van der Waals surface area contributed by atoms with Crippen LogP contribution in [0.2, 0.25) is 0 Å². The van der Waals surface area contributed by atoms with Gasteiger partial charge in [0.1, 0.15) is 0 Å². The summed E-state index contributed by atoms with van der Waals surface area (Å²) in [6.07, 6.45) is 3.98. The second-order valence-corrected chi connectivity index (χ2v) is 4.91. The van der Waals surface area contributed by atoms with Gasteiger partial charge in [0.05, 0.1) is 21.3 Å². The van der Waals surface area contributed by atoms with Crippen LogP contribution in [0.5, 0.6) is 17.2 Å². The van der Waals surface area contributed by atoms with E-state index in [2.05, 4.69) is 0 Å². The van der Waals surface area contributed by atoms with Gasteiger partial charge in [-0.3, -0.25) is 0 Å². The highest BCUT2D eigenvalue weighted by molar-refractivity contribution is 5.74. The van der Waals surface area contributed by atoms with Gasteiger partial charge in [0.15, 0.2) is 11.5 Å². The topological polar surface area (TPSA) is 53.7 Å². The molecule has 0 aliphatic carbocycles. The number of aryl methyl sites for hydroxylation is 1. The first-order valence-electron chi connectivity index (χ1n) is 6.93. The first kappa shape index (κ1) is 15.8. The van der Waals surface area contributed by atoms with E-state index in [1.165, 1.54) is 0 Å². The maximum absolute atomic E-state index is 5.93. The van der Waals surface area contributed by atoms with Crippen molar-refractivity contribution in [1.29, 1.82) is 0 Å². The lowest BCUT2D eigenvalue weighted by Gasteiger charge is -2.12. The van der Waals surface area contributed by atoms with E-state index >= 15 is 0 Å². The minimum absolute atomic E-state index is 0.585. The molecular weight excluding hydrogens is 278 g/mol. The fourth-order valence-corrected chi connectivity index (χ4v) is 2.15. The standard InChI is InChI=1S/C18H21NO3/c1-12-5-6-13(9-15(12)19)7-8-14-10-16(20-2)18(22-4)17(11-14)21-3/h5-11H,19H2,1-4H3/b8-7-. The lowest BCUT2D eigenvalue weighted by molar-refractivity contribution is 0.324. The zero-order chi connectivity index (χ0) is 16.1. The molecule has 0 saturated heterocycles. The highest BCUT2D eigenvalue weighted by Gasteiger charge is 2.11. The smallest absolute Gasteiger partial charge is 0.203 e. The van der Waals surface area contributed by atoms with Crippen LogP contribution in [0.3, 0.4) is 0 Å². The van der Waals surface area contributed by atoms with E-state index in [1.807, 2.05) is 49.4 Å². The molecule has 0 unspecified atom stereocenters. The van der Waals surface area contributed by atoms with Crippen LogP contribution in [0.1, 0.15) is 16.7 Å². The molecule has 0 radical (unpaired) electrons. The molecule has 2 rings (SSSR count). The van der Waals surface area contributed by atoms with Gasteiger partial charge in [-0.15, -0.1) is 0 Å². The summed E-state index contributed by atoms with van der Waals surface area (Å²) in [5, 5.41) is 0. The molecule has 2 N–H and O–H groups in total. The van der Waals surface area contributed by atoms with Crippen LogP contribution in [0, 0.1) is 6.92 Å². The quantitative estimate of drug-likeness (QED) is 0.674. The molecule has 0 aliphatic heterocycles. The molecule has 4 heteroatoms. The van der Waals surface area contributed by atoms with Gasteiger partial charge >= 0.3 is 0 Å². The Balaban J connectivity index is 2.36. The zero-order valence-electron chi connectivity index (χ0n) is 13.3. The van der Waals surface area contributed by atoms with Crippen molar-refractivity contribution < 1.29 is 14.2 Å². The second-order valence-electron chi connectivity index (χ2n) is 4.91. The van der Waals surface area contributed by atoms with Gasteiger partial charge in [0.25, 0.3) is 0 Å². The van der Waals surface area contributed by atoms with Gasteiger partial charge in [0.2, 0.25) is 5.75 Å². The number of methoxy groups -OCH3 is 3. The molecule has 0 aromatic heterocycles. The summed E-state index contributed by atoms with van der Waals surface area (Å²) in [6.45, 7) is 1.99. The number of rotatable bonds is 5. The van der Waals surface area contributed by atoms with Gasteiger partial charge < -0.3 is 19.9 Å². The monoisotopic (exact) mass is 299 g/mol. The summed E-state index contributed by atoms with van der Waals surface area (Å²) in [5.41, 5.74) is 9.78. The van der Waals surface area contributed by atoms with Crippen molar-refractivity contribution >= 4 is 17.8 Å². The van der Waals surface area contributed by atoms with Crippen molar-refractivity contribution in [2.75, 3.05) is 27.1 Å². The Hall–Kier alpha value is -2.62. The second kappa shape index (κ2) is 6.89. The Bertz CT molecular complexity index is 668. The number of benzene rings is 2. The molecule has 0 amide bonds. The Morgan fingerprint density at radius 2 is 1.41 bits per heavy atom. The third-order valence-corrected chi connectivity index (χ3v) is 3.46. The minimum atomic E-state index is 0.585. The normalized spacial score (nSPS) is 10.7. The third-order valence-electron chi connectivity index (χ3n) is 3.46. The molecule has 0 spiro atoms. The van der Waals surface area contributed by atoms with E-state index < -0.39 is 0 Å². The van der Waals surface area contributed by atoms with Crippen molar-refractivity contribution in [3.63, 3.8) is 0 Å². The number of nitrogens with two attached hydrogens (primary N) is 1. The van der Waals surface area contributed by atoms with Gasteiger partial charge in [-0.05, 0) is 41.8 Å². The third kappa shape index (κ3) is 3.34. The highest BCUT2D eigenvalue weighted by Crippen LogP contribution is 2.38. The first-order valence-corrected chi connectivity index (χ1v) is 6.93. The highest BCUT2D eigenvalue weighted by atomic mass is 16.5. The van der Waals surface area contributed by atoms with Crippen LogP contribution < -0.4 is 19.9 Å². The predicted molar refractivity (Wildman–Crippen MR) is 90.6 cm³/mol. The van der Waals surface area contributed by atoms with E-state index in [-0.39, 0.29) is 0 Å². The lowest BCUT2D eigenvalue weighted by atomic mass is 10.1. The Morgan fingerprint density at radius 3 is 1.91 bits per heavy atom. The Morgan fingerprint density at radius 1 is 0.818 bits per heavy atom. The van der Waals surface area contributed by atoms with Crippen LogP contribution >= 0.6 is 0 Å². The number of anilines is 1. The van der Waals surface area contributed by atoms with Gasteiger partial charge in [-0.1, -0.05) is 24.3 Å². The van der Waals surface area contributed by atoms with Crippen molar-refractivity contribution in [2.45, 2.75) is 6.92 Å². The molecular formula is C18H21NO3. The van der Waals surface area contributed by atoms with Crippen LogP contribution in [0.4, 0.5) is 5.69 Å². The average Bonchev–Trinajstić information content (AvgIpc) is 2.54. The Kier molecular flexibility index (Phi) is 4.94. The fourth-order valence-electron chi connectivity index (χ4n) is 2.15. The largest absolute Gasteiger partial charge is 0.493 e. The molecule has 2 aromatic carbocycles. The summed E-state index contributed by atoms with van der Waals surface area (Å²) >= 11 is 0. The molecule has 0 atom stereocenters. The summed E-state index contributed by atoms with van der Waals surface area (Å²) in [4.78, 5) is 0. The van der Waals surface area contributed by atoms with E-state index in [0.29, 0.717) is 17.2 Å². The van der Waals surface area contributed by atoms with Gasteiger partial charge in [-0.2, -0.15) is 0 Å². The van der Waals surface area contributed by atoms with Crippen LogP contribution in [-0.2, 0) is 0 Å². The average molecular weight is 299 g/mol. The SMILES string of the molecule is COc1cc(/C=C\c2ccc(C)c(N)c2)cc(OC)c1OC. The molecule has 4 nitrogen and oxygen atoms in total. The van der Waals surface area contributed by atoms with Gasteiger partial charge in [0, 0.05) is 5.69 Å². The molecule has 0 saturated carbocycles. The summed E-state index contributed by atoms with van der Waals surface area (Å²) < 4.78 is 16.0. The first-order chi connectivity index (χ1) is 10.6. The minimum Gasteiger partial charge on any atom is -0.493 e. The van der Waals surface area contributed by atoms with Gasteiger partial charge in [-0.25, -0.2) is 0 Å². The summed E-state index contributed by atoms with van der Waals surface area (Å²) in [6, 6.07) is 9.78. The van der Waals surface area contributed by atoms with E-state index in [0.717, 1.165) is 22.4 Å². The molecule has 0 aliphatic rings. The predicted octanol–water partition coefficient (Wildman–Crippen LogP) is 3.77. The van der Waals surface area contributed by atoms with Crippen LogP contribution in [-0.4, -0.2) is 21.3 Å².